The van der Waals surface area contributed by atoms with E-state index < -0.39 is 5.91 Å². The number of ether oxygens (including phenoxy) is 2. The number of amides is 1. The van der Waals surface area contributed by atoms with Crippen LogP contribution in [0.2, 0.25) is 0 Å². The highest BCUT2D eigenvalue weighted by molar-refractivity contribution is 9.10. The van der Waals surface area contributed by atoms with Gasteiger partial charge in [0.15, 0.2) is 11.5 Å². The van der Waals surface area contributed by atoms with E-state index in [9.17, 15) is 10.1 Å². The summed E-state index contributed by atoms with van der Waals surface area (Å²) < 4.78 is 13.5. The van der Waals surface area contributed by atoms with Crippen LogP contribution < -0.4 is 14.8 Å². The van der Waals surface area contributed by atoms with E-state index in [0.717, 1.165) is 15.4 Å². The quantitative estimate of drug-likeness (QED) is 0.164. The lowest BCUT2D eigenvalue weighted by molar-refractivity contribution is -0.112. The van der Waals surface area contributed by atoms with E-state index >= 15 is 0 Å². The Kier molecular flexibility index (Phi) is 8.42. The molecule has 0 aliphatic rings. The summed E-state index contributed by atoms with van der Waals surface area (Å²) in [5.41, 5.74) is 2.21. The number of nitriles is 1. The van der Waals surface area contributed by atoms with Gasteiger partial charge in [-0.2, -0.15) is 5.26 Å². The van der Waals surface area contributed by atoms with Crippen LogP contribution in [-0.4, -0.2) is 12.5 Å². The molecule has 0 aromatic heterocycles. The Balaban J connectivity index is 1.56. The third-order valence-corrected chi connectivity index (χ3v) is 6.37. The number of carbonyl (C=O) groups is 1. The van der Waals surface area contributed by atoms with Crippen LogP contribution in [0.3, 0.4) is 0 Å². The molecule has 0 aliphatic heterocycles. The van der Waals surface area contributed by atoms with Gasteiger partial charge < -0.3 is 14.8 Å². The summed E-state index contributed by atoms with van der Waals surface area (Å²) in [5.74, 6) is 0.573. The van der Waals surface area contributed by atoms with E-state index in [2.05, 4.69) is 61.4 Å². The number of nitrogens with one attached hydrogen (secondary N) is 1. The number of fused-ring (bicyclic) bond motifs is 1. The maximum atomic E-state index is 12.7. The molecular weight excluding hydrogens is 584 g/mol. The van der Waals surface area contributed by atoms with Crippen LogP contribution in [0.25, 0.3) is 16.8 Å². The minimum atomic E-state index is -0.499. The van der Waals surface area contributed by atoms with Crippen molar-refractivity contribution in [3.63, 3.8) is 0 Å². The molecule has 180 valence electrons. The van der Waals surface area contributed by atoms with Gasteiger partial charge in [-0.3, -0.25) is 4.79 Å². The first kappa shape index (κ1) is 25.5. The molecule has 0 saturated heterocycles. The van der Waals surface area contributed by atoms with Crippen molar-refractivity contribution in [3.8, 4) is 17.6 Å². The first-order valence-electron chi connectivity index (χ1n) is 11.2. The third-order valence-electron chi connectivity index (χ3n) is 5.29. The first-order valence-corrected chi connectivity index (χ1v) is 12.8. The molecule has 4 aromatic carbocycles. The van der Waals surface area contributed by atoms with Crippen molar-refractivity contribution >= 4 is 60.3 Å². The molecule has 0 spiro atoms. The summed E-state index contributed by atoms with van der Waals surface area (Å²) in [7, 11) is 0. The highest BCUT2D eigenvalue weighted by Gasteiger charge is 2.15. The fraction of sp³-hybridized carbons (Fsp3) is 0.103. The van der Waals surface area contributed by atoms with Crippen molar-refractivity contribution in [3.05, 3.63) is 105 Å². The molecule has 0 atom stereocenters. The second-order valence-corrected chi connectivity index (χ2v) is 9.64. The van der Waals surface area contributed by atoms with Gasteiger partial charge in [-0.1, -0.05) is 58.4 Å². The van der Waals surface area contributed by atoms with Gasteiger partial charge in [0.2, 0.25) is 0 Å². The van der Waals surface area contributed by atoms with Crippen LogP contribution in [0, 0.1) is 11.3 Å². The van der Waals surface area contributed by atoms with Crippen LogP contribution in [0.4, 0.5) is 5.69 Å². The van der Waals surface area contributed by atoms with Crippen molar-refractivity contribution in [2.45, 2.75) is 13.5 Å². The van der Waals surface area contributed by atoms with E-state index in [4.69, 9.17) is 9.47 Å². The zero-order valence-electron chi connectivity index (χ0n) is 19.4. The van der Waals surface area contributed by atoms with E-state index in [-0.39, 0.29) is 5.57 Å². The highest BCUT2D eigenvalue weighted by atomic mass is 79.9. The number of carbonyl (C=O) groups excluding carboxylic acids is 1. The molecule has 4 rings (SSSR count). The fourth-order valence-electron chi connectivity index (χ4n) is 3.64. The second-order valence-electron chi connectivity index (χ2n) is 7.87. The maximum absolute atomic E-state index is 12.7. The predicted molar refractivity (Wildman–Crippen MR) is 150 cm³/mol. The Hall–Kier alpha value is -3.60. The second kappa shape index (κ2) is 11.9. The van der Waals surface area contributed by atoms with Gasteiger partial charge in [0, 0.05) is 10.2 Å². The monoisotopic (exact) mass is 604 g/mol. The van der Waals surface area contributed by atoms with Crippen molar-refractivity contribution < 1.29 is 14.3 Å². The lowest BCUT2D eigenvalue weighted by Crippen LogP contribution is -2.13. The molecule has 0 radical (unpaired) electrons. The molecular formula is C29H22Br2N2O3. The first-order chi connectivity index (χ1) is 17.5. The maximum Gasteiger partial charge on any atom is 0.266 e. The third kappa shape index (κ3) is 6.34. The van der Waals surface area contributed by atoms with Gasteiger partial charge in [0.1, 0.15) is 18.2 Å². The number of benzene rings is 4. The predicted octanol–water partition coefficient (Wildman–Crippen LogP) is 7.89. The summed E-state index contributed by atoms with van der Waals surface area (Å²) in [6, 6.07) is 27.1. The molecule has 0 saturated carbocycles. The topological polar surface area (TPSA) is 71.3 Å². The van der Waals surface area contributed by atoms with Crippen molar-refractivity contribution in [2.24, 2.45) is 0 Å². The Morgan fingerprint density at radius 1 is 0.972 bits per heavy atom. The van der Waals surface area contributed by atoms with E-state index in [0.29, 0.717) is 40.4 Å². The van der Waals surface area contributed by atoms with E-state index in [1.54, 1.807) is 30.3 Å². The molecule has 0 unspecified atom stereocenters. The van der Waals surface area contributed by atoms with Crippen LogP contribution in [0.5, 0.6) is 11.5 Å². The van der Waals surface area contributed by atoms with Gasteiger partial charge in [0.05, 0.1) is 11.1 Å². The highest BCUT2D eigenvalue weighted by Crippen LogP contribution is 2.38. The smallest absolute Gasteiger partial charge is 0.266 e. The van der Waals surface area contributed by atoms with Crippen molar-refractivity contribution in [1.29, 1.82) is 5.26 Å². The average molecular weight is 606 g/mol. The van der Waals surface area contributed by atoms with Gasteiger partial charge in [0.25, 0.3) is 5.91 Å². The number of rotatable bonds is 8. The van der Waals surface area contributed by atoms with Crippen LogP contribution in [0.15, 0.2) is 93.4 Å². The van der Waals surface area contributed by atoms with Gasteiger partial charge in [-0.25, -0.2) is 0 Å². The summed E-state index contributed by atoms with van der Waals surface area (Å²) in [6.45, 7) is 2.67. The number of hydrogen-bond acceptors (Lipinski definition) is 4. The molecule has 1 amide bonds. The van der Waals surface area contributed by atoms with Crippen molar-refractivity contribution in [2.75, 3.05) is 11.9 Å². The number of nitrogens with zero attached hydrogens (tertiary/aromatic N) is 1. The standard InChI is InChI=1S/C29H22Br2N2O3/c1-2-35-27-15-20(13-23(17-32)29(34)33-25-9-5-8-24(30)16-25)14-26(31)28(27)36-18-19-10-11-21-6-3-4-7-22(21)12-19/h3-16H,2,18H2,1H3,(H,33,34)/b23-13-. The van der Waals surface area contributed by atoms with E-state index in [1.807, 2.05) is 37.3 Å². The Bertz CT molecular complexity index is 1490. The SMILES string of the molecule is CCOc1cc(/C=C(/C#N)C(=O)Nc2cccc(Br)c2)cc(Br)c1OCc1ccc2ccccc2c1. The molecule has 0 bridgehead atoms. The number of anilines is 1. The molecule has 36 heavy (non-hydrogen) atoms. The van der Waals surface area contributed by atoms with Gasteiger partial charge >= 0.3 is 0 Å². The minimum Gasteiger partial charge on any atom is -0.490 e. The zero-order chi connectivity index (χ0) is 25.5. The normalized spacial score (nSPS) is 11.1. The number of halogens is 2. The largest absolute Gasteiger partial charge is 0.490 e. The van der Waals surface area contributed by atoms with Crippen LogP contribution in [0.1, 0.15) is 18.1 Å². The average Bonchev–Trinajstić information content (AvgIpc) is 2.87. The minimum absolute atomic E-state index is 0.0332. The van der Waals surface area contributed by atoms with Gasteiger partial charge in [-0.05, 0) is 87.2 Å². The lowest BCUT2D eigenvalue weighted by atomic mass is 10.1. The van der Waals surface area contributed by atoms with Gasteiger partial charge in [-0.15, -0.1) is 0 Å². The molecule has 4 aromatic rings. The molecule has 7 heteroatoms. The number of hydrogen-bond donors (Lipinski definition) is 1. The summed E-state index contributed by atoms with van der Waals surface area (Å²) >= 11 is 6.94. The Morgan fingerprint density at radius 3 is 2.53 bits per heavy atom. The zero-order valence-corrected chi connectivity index (χ0v) is 22.6. The van der Waals surface area contributed by atoms with Crippen LogP contribution >= 0.6 is 31.9 Å². The van der Waals surface area contributed by atoms with Crippen molar-refractivity contribution in [1.82, 2.24) is 0 Å². The summed E-state index contributed by atoms with van der Waals surface area (Å²) in [6.07, 6.45) is 1.52. The van der Waals surface area contributed by atoms with Crippen LogP contribution in [-0.2, 0) is 11.4 Å². The molecule has 0 aliphatic carbocycles. The Labute approximate surface area is 226 Å². The molecule has 0 heterocycles. The Morgan fingerprint density at radius 2 is 1.78 bits per heavy atom. The summed E-state index contributed by atoms with van der Waals surface area (Å²) in [4.78, 5) is 12.7. The molecule has 1 N–H and O–H groups in total. The fourth-order valence-corrected chi connectivity index (χ4v) is 4.61. The molecule has 0 fully saturated rings. The lowest BCUT2D eigenvalue weighted by Gasteiger charge is -2.15. The van der Waals surface area contributed by atoms with E-state index in [1.165, 1.54) is 11.5 Å². The molecule has 5 nitrogen and oxygen atoms in total. The summed E-state index contributed by atoms with van der Waals surface area (Å²) in [5, 5.41) is 14.7.